The van der Waals surface area contributed by atoms with Gasteiger partial charge in [-0.1, -0.05) is 44.9 Å². The second-order valence-electron chi connectivity index (χ2n) is 8.62. The summed E-state index contributed by atoms with van der Waals surface area (Å²) in [5.41, 5.74) is 1.60. The Hall–Kier alpha value is -3.11. The van der Waals surface area contributed by atoms with Gasteiger partial charge >= 0.3 is 0 Å². The lowest BCUT2D eigenvalue weighted by Gasteiger charge is -2.30. The summed E-state index contributed by atoms with van der Waals surface area (Å²) in [6, 6.07) is 9.01. The van der Waals surface area contributed by atoms with Crippen LogP contribution >= 0.6 is 0 Å². The maximum Gasteiger partial charge on any atom is 0.272 e. The van der Waals surface area contributed by atoms with E-state index in [4.69, 9.17) is 0 Å². The summed E-state index contributed by atoms with van der Waals surface area (Å²) in [7, 11) is 3.58. The minimum Gasteiger partial charge on any atom is -0.357 e. The molecule has 1 atom stereocenters. The van der Waals surface area contributed by atoms with Gasteiger partial charge in [-0.25, -0.2) is 4.98 Å². The van der Waals surface area contributed by atoms with E-state index in [0.717, 1.165) is 17.8 Å². The van der Waals surface area contributed by atoms with E-state index in [1.165, 1.54) is 0 Å². The molecule has 2 N–H and O–H groups in total. The molecule has 7 nitrogen and oxygen atoms in total. The number of nitrogens with zero attached hydrogens (tertiary/aromatic N) is 3. The lowest BCUT2D eigenvalue weighted by atomic mass is 9.86. The molecule has 0 unspecified atom stereocenters. The van der Waals surface area contributed by atoms with Crippen molar-refractivity contribution in [3.63, 3.8) is 0 Å². The highest BCUT2D eigenvalue weighted by Gasteiger charge is 2.34. The number of carbonyl (C=O) groups is 2. The molecule has 1 aliphatic rings. The summed E-state index contributed by atoms with van der Waals surface area (Å²) in [5.74, 6) is 6.23. The summed E-state index contributed by atoms with van der Waals surface area (Å²) >= 11 is 0. The summed E-state index contributed by atoms with van der Waals surface area (Å²) in [6.07, 6.45) is 0. The first-order valence-corrected chi connectivity index (χ1v) is 10.1. The SMILES string of the molecule is CNC(=O)[C@H](NC(=O)c1nc(C#Cc2ccccc2)n2c1CN(C)CC2)C(C)(C)C. The molecule has 0 fully saturated rings. The third kappa shape index (κ3) is 4.71. The number of carbonyl (C=O) groups excluding carboxylic acids is 2. The first kappa shape index (κ1) is 21.6. The highest BCUT2D eigenvalue weighted by atomic mass is 16.2. The topological polar surface area (TPSA) is 79.3 Å². The number of benzene rings is 1. The maximum atomic E-state index is 13.2. The minimum absolute atomic E-state index is 0.231. The van der Waals surface area contributed by atoms with E-state index < -0.39 is 11.5 Å². The van der Waals surface area contributed by atoms with Crippen LogP contribution in [0.3, 0.4) is 0 Å². The predicted octanol–water partition coefficient (Wildman–Crippen LogP) is 1.62. The molecule has 0 aliphatic carbocycles. The minimum atomic E-state index is -0.674. The molecule has 0 radical (unpaired) electrons. The van der Waals surface area contributed by atoms with Gasteiger partial charge < -0.3 is 15.2 Å². The van der Waals surface area contributed by atoms with E-state index in [2.05, 4.69) is 32.4 Å². The molecule has 2 heterocycles. The zero-order chi connectivity index (χ0) is 21.9. The number of fused-ring (bicyclic) bond motifs is 1. The van der Waals surface area contributed by atoms with E-state index >= 15 is 0 Å². The molecule has 0 saturated carbocycles. The van der Waals surface area contributed by atoms with Crippen molar-refractivity contribution in [3.05, 3.63) is 53.1 Å². The van der Waals surface area contributed by atoms with Gasteiger partial charge in [0.25, 0.3) is 5.91 Å². The average Bonchev–Trinajstić information content (AvgIpc) is 3.07. The molecule has 2 amide bonds. The summed E-state index contributed by atoms with van der Waals surface area (Å²) in [4.78, 5) is 32.2. The van der Waals surface area contributed by atoms with Crippen LogP contribution < -0.4 is 10.6 Å². The van der Waals surface area contributed by atoms with E-state index in [9.17, 15) is 9.59 Å². The molecule has 2 aromatic rings. The number of aromatic nitrogens is 2. The third-order valence-electron chi connectivity index (χ3n) is 5.16. The zero-order valence-electron chi connectivity index (χ0n) is 18.2. The fourth-order valence-electron chi connectivity index (χ4n) is 3.44. The van der Waals surface area contributed by atoms with Crippen LogP contribution in [0.5, 0.6) is 0 Å². The molecule has 0 bridgehead atoms. The number of imidazole rings is 1. The van der Waals surface area contributed by atoms with E-state index in [1.54, 1.807) is 7.05 Å². The van der Waals surface area contributed by atoms with Gasteiger partial charge in [-0.3, -0.25) is 14.5 Å². The first-order valence-electron chi connectivity index (χ1n) is 10.1. The highest BCUT2D eigenvalue weighted by Crippen LogP contribution is 2.22. The number of hydrogen-bond donors (Lipinski definition) is 2. The summed E-state index contributed by atoms with van der Waals surface area (Å²) < 4.78 is 2.01. The Bertz CT molecular complexity index is 992. The van der Waals surface area contributed by atoms with Gasteiger partial charge in [0, 0.05) is 32.2 Å². The Kier molecular flexibility index (Phi) is 6.28. The number of amides is 2. The second-order valence-corrected chi connectivity index (χ2v) is 8.62. The second kappa shape index (κ2) is 8.72. The van der Waals surface area contributed by atoms with Crippen LogP contribution in [-0.4, -0.2) is 52.9 Å². The van der Waals surface area contributed by atoms with Crippen LogP contribution in [-0.2, 0) is 17.9 Å². The van der Waals surface area contributed by atoms with Gasteiger partial charge in [-0.05, 0) is 30.5 Å². The summed E-state index contributed by atoms with van der Waals surface area (Å²) in [6.45, 7) is 7.92. The number of likely N-dealkylation sites (N-methyl/N-ethyl adjacent to an activating group) is 2. The van der Waals surface area contributed by atoms with Crippen molar-refractivity contribution in [1.29, 1.82) is 0 Å². The quantitative estimate of drug-likeness (QED) is 0.758. The van der Waals surface area contributed by atoms with Crippen molar-refractivity contribution in [2.45, 2.75) is 39.9 Å². The molecule has 1 aromatic carbocycles. The average molecular weight is 408 g/mol. The van der Waals surface area contributed by atoms with E-state index in [-0.39, 0.29) is 11.8 Å². The molecule has 7 heteroatoms. The molecule has 1 aliphatic heterocycles. The van der Waals surface area contributed by atoms with Gasteiger partial charge in [-0.15, -0.1) is 0 Å². The standard InChI is InChI=1S/C23H29N5O2/c1-23(2,3)20(22(30)24-4)26-21(29)19-17-15-27(5)13-14-28(17)18(25-19)12-11-16-9-7-6-8-10-16/h6-10,20H,13-15H2,1-5H3,(H,24,30)(H,26,29)/t20-/m0/s1. The molecule has 0 saturated heterocycles. The maximum absolute atomic E-state index is 13.2. The van der Waals surface area contributed by atoms with Crippen LogP contribution in [0.2, 0.25) is 0 Å². The lowest BCUT2D eigenvalue weighted by Crippen LogP contribution is -2.53. The highest BCUT2D eigenvalue weighted by molar-refractivity contribution is 5.97. The van der Waals surface area contributed by atoms with Gasteiger partial charge in [0.15, 0.2) is 11.5 Å². The van der Waals surface area contributed by atoms with Crippen molar-refractivity contribution < 1.29 is 9.59 Å². The Labute approximate surface area is 177 Å². The largest absolute Gasteiger partial charge is 0.357 e. The monoisotopic (exact) mass is 407 g/mol. The normalized spacial score (nSPS) is 14.8. The van der Waals surface area contributed by atoms with Crippen molar-refractivity contribution >= 4 is 11.8 Å². The van der Waals surface area contributed by atoms with Crippen LogP contribution in [0.25, 0.3) is 0 Å². The van der Waals surface area contributed by atoms with Crippen LogP contribution in [0.4, 0.5) is 0 Å². The van der Waals surface area contributed by atoms with Crippen molar-refractivity contribution in [3.8, 4) is 11.8 Å². The van der Waals surface area contributed by atoms with Crippen molar-refractivity contribution in [2.75, 3.05) is 20.6 Å². The first-order chi connectivity index (χ1) is 14.2. The van der Waals surface area contributed by atoms with Crippen LogP contribution in [0.1, 0.15) is 48.3 Å². The molecule has 1 aromatic heterocycles. The molecule has 0 spiro atoms. The lowest BCUT2D eigenvalue weighted by molar-refractivity contribution is -0.124. The Morgan fingerprint density at radius 3 is 2.47 bits per heavy atom. The van der Waals surface area contributed by atoms with Crippen molar-refractivity contribution in [1.82, 2.24) is 25.1 Å². The fourth-order valence-corrected chi connectivity index (χ4v) is 3.44. The molecule has 3 rings (SSSR count). The summed E-state index contributed by atoms with van der Waals surface area (Å²) in [5, 5.41) is 5.51. The molecular weight excluding hydrogens is 378 g/mol. The third-order valence-corrected chi connectivity index (χ3v) is 5.16. The van der Waals surface area contributed by atoms with E-state index in [1.807, 2.05) is 62.7 Å². The number of hydrogen-bond acceptors (Lipinski definition) is 4. The van der Waals surface area contributed by atoms with E-state index in [0.29, 0.717) is 24.6 Å². The predicted molar refractivity (Wildman–Crippen MR) is 116 cm³/mol. The molecule has 158 valence electrons. The van der Waals surface area contributed by atoms with Crippen LogP contribution in [0.15, 0.2) is 30.3 Å². The van der Waals surface area contributed by atoms with Crippen molar-refractivity contribution in [2.24, 2.45) is 5.41 Å². The smallest absolute Gasteiger partial charge is 0.272 e. The van der Waals surface area contributed by atoms with Gasteiger partial charge in [-0.2, -0.15) is 0 Å². The van der Waals surface area contributed by atoms with Gasteiger partial charge in [0.2, 0.25) is 5.91 Å². The number of rotatable bonds is 3. The van der Waals surface area contributed by atoms with Gasteiger partial charge in [0.05, 0.1) is 5.69 Å². The zero-order valence-corrected chi connectivity index (χ0v) is 18.2. The van der Waals surface area contributed by atoms with Crippen LogP contribution in [0, 0.1) is 17.3 Å². The molecular formula is C23H29N5O2. The molecule has 30 heavy (non-hydrogen) atoms. The van der Waals surface area contributed by atoms with Gasteiger partial charge in [0.1, 0.15) is 6.04 Å². The number of nitrogens with one attached hydrogen (secondary N) is 2. The Morgan fingerprint density at radius 1 is 1.13 bits per heavy atom. The fraction of sp³-hybridized carbons (Fsp3) is 0.435. The Balaban J connectivity index is 1.96. The Morgan fingerprint density at radius 2 is 1.83 bits per heavy atom.